The quantitative estimate of drug-likeness (QED) is 0.111. The summed E-state index contributed by atoms with van der Waals surface area (Å²) in [6.07, 6.45) is 0.0833. The van der Waals surface area contributed by atoms with Crippen LogP contribution in [0, 0.1) is 6.92 Å². The minimum Gasteiger partial charge on any atom is -0.497 e. The number of nitrogens with two attached hydrogens (primary N) is 1. The molecule has 48 heavy (non-hydrogen) atoms. The van der Waals surface area contributed by atoms with E-state index in [2.05, 4.69) is 10.3 Å². The van der Waals surface area contributed by atoms with Crippen molar-refractivity contribution >= 4 is 11.6 Å². The van der Waals surface area contributed by atoms with Gasteiger partial charge in [0, 0.05) is 17.4 Å². The Hall–Kier alpha value is -5.65. The first-order valence-electron chi connectivity index (χ1n) is 15.3. The Bertz CT molecular complexity index is 1890. The zero-order chi connectivity index (χ0) is 34.3. The van der Waals surface area contributed by atoms with Crippen LogP contribution in [0.3, 0.4) is 0 Å². The van der Waals surface area contributed by atoms with Gasteiger partial charge in [0.15, 0.2) is 0 Å². The number of anilines is 1. The zero-order valence-electron chi connectivity index (χ0n) is 26.9. The van der Waals surface area contributed by atoms with Crippen molar-refractivity contribution in [1.29, 1.82) is 0 Å². The molecular formula is C37H38N4O7. The number of H-pyrrole nitrogens is 1. The van der Waals surface area contributed by atoms with Gasteiger partial charge < -0.3 is 30.4 Å². The Balaban J connectivity index is 1.58. The molecule has 0 radical (unpaired) electrons. The Morgan fingerprint density at radius 2 is 1.40 bits per heavy atom. The molecule has 0 unspecified atom stereocenters. The third-order valence-electron chi connectivity index (χ3n) is 8.16. The van der Waals surface area contributed by atoms with E-state index in [0.717, 1.165) is 21.3 Å². The number of aliphatic hydroxyl groups excluding tert-OH is 1. The second-order valence-electron chi connectivity index (χ2n) is 11.3. The van der Waals surface area contributed by atoms with Crippen molar-refractivity contribution in [2.75, 3.05) is 26.6 Å². The Morgan fingerprint density at radius 3 is 1.94 bits per heavy atom. The number of nitrogen functional groups attached to an aromatic ring is 1. The summed E-state index contributed by atoms with van der Waals surface area (Å²) in [5.74, 6) is 0.741. The Morgan fingerprint density at radius 1 is 0.854 bits per heavy atom. The van der Waals surface area contributed by atoms with E-state index in [-0.39, 0.29) is 12.2 Å². The number of aryl methyl sites for hydroxylation is 1. The summed E-state index contributed by atoms with van der Waals surface area (Å²) in [4.78, 5) is 40.0. The van der Waals surface area contributed by atoms with Gasteiger partial charge in [-0.3, -0.25) is 19.1 Å². The van der Waals surface area contributed by atoms with Gasteiger partial charge >= 0.3 is 5.69 Å². The fourth-order valence-corrected chi connectivity index (χ4v) is 5.57. The summed E-state index contributed by atoms with van der Waals surface area (Å²) < 4.78 is 18.9. The van der Waals surface area contributed by atoms with E-state index in [1.165, 1.54) is 13.1 Å². The average Bonchev–Trinajstić information content (AvgIpc) is 3.11. The van der Waals surface area contributed by atoms with Gasteiger partial charge in [-0.15, -0.1) is 0 Å². The molecule has 0 aliphatic rings. The van der Waals surface area contributed by atoms with Crippen LogP contribution in [0.1, 0.15) is 33.9 Å². The number of carbonyl (C=O) groups is 1. The van der Waals surface area contributed by atoms with E-state index in [1.807, 2.05) is 78.9 Å². The first kappa shape index (κ1) is 33.7. The number of carbonyl (C=O) groups excluding carboxylic acids is 1. The molecule has 0 spiro atoms. The maximum atomic E-state index is 13.5. The predicted octanol–water partition coefficient (Wildman–Crippen LogP) is 3.67. The lowest BCUT2D eigenvalue weighted by atomic mass is 9.80. The lowest BCUT2D eigenvalue weighted by Crippen LogP contribution is -2.47. The Kier molecular flexibility index (Phi) is 10.4. The summed E-state index contributed by atoms with van der Waals surface area (Å²) in [6.45, 7) is 0.960. The summed E-state index contributed by atoms with van der Waals surface area (Å²) in [7, 11) is 3.18. The minimum absolute atomic E-state index is 0.177. The van der Waals surface area contributed by atoms with Gasteiger partial charge in [0.25, 0.3) is 5.56 Å². The molecule has 0 fully saturated rings. The molecule has 0 aliphatic heterocycles. The summed E-state index contributed by atoms with van der Waals surface area (Å²) in [5, 5.41) is 14.5. The zero-order valence-corrected chi connectivity index (χ0v) is 26.9. The maximum absolute atomic E-state index is 13.5. The maximum Gasteiger partial charge on any atom is 0.328 e. The number of nitrogens with one attached hydrogen (secondary N) is 2. The molecule has 5 aromatic rings. The van der Waals surface area contributed by atoms with Crippen LogP contribution in [-0.2, 0) is 21.7 Å². The number of aromatic amines is 1. The second kappa shape index (κ2) is 14.8. The number of aliphatic hydroxyl groups is 1. The summed E-state index contributed by atoms with van der Waals surface area (Å²) in [6, 6.07) is 30.3. The van der Waals surface area contributed by atoms with Crippen molar-refractivity contribution in [2.45, 2.75) is 31.2 Å². The molecule has 0 aliphatic carbocycles. The first-order chi connectivity index (χ1) is 23.1. The molecule has 1 amide bonds. The van der Waals surface area contributed by atoms with Gasteiger partial charge in [-0.25, -0.2) is 4.79 Å². The molecule has 11 nitrogen and oxygen atoms in total. The van der Waals surface area contributed by atoms with E-state index >= 15 is 0 Å². The summed E-state index contributed by atoms with van der Waals surface area (Å²) >= 11 is 0. The van der Waals surface area contributed by atoms with Crippen LogP contribution in [0.25, 0.3) is 0 Å². The third-order valence-corrected chi connectivity index (χ3v) is 8.16. The number of ether oxygens (including phenoxy) is 3. The SMILES string of the molecule is COc1ccc(C(OC[C@@H](NC(=O)Cn2cc(C)c(=O)[nH]c2=O)[C@H](O)c2ccc(N)cc2)(c2ccccc2)c2ccc(OC)cc2)cc1. The number of hydrogen-bond donors (Lipinski definition) is 4. The highest BCUT2D eigenvalue weighted by molar-refractivity contribution is 5.76. The van der Waals surface area contributed by atoms with Crippen LogP contribution >= 0.6 is 0 Å². The number of hydrogen-bond acceptors (Lipinski definition) is 8. The van der Waals surface area contributed by atoms with Gasteiger partial charge in [0.2, 0.25) is 5.91 Å². The molecule has 2 atom stereocenters. The van der Waals surface area contributed by atoms with Gasteiger partial charge in [0.1, 0.15) is 29.7 Å². The fraction of sp³-hybridized carbons (Fsp3) is 0.216. The molecule has 1 heterocycles. The first-order valence-corrected chi connectivity index (χ1v) is 15.3. The van der Waals surface area contributed by atoms with Crippen molar-refractivity contribution in [1.82, 2.24) is 14.9 Å². The number of nitrogens with zero attached hydrogens (tertiary/aromatic N) is 1. The average molecular weight is 651 g/mol. The Labute approximate surface area is 277 Å². The van der Waals surface area contributed by atoms with Crippen LogP contribution in [0.15, 0.2) is 119 Å². The van der Waals surface area contributed by atoms with Crippen molar-refractivity contribution in [3.8, 4) is 11.5 Å². The fourth-order valence-electron chi connectivity index (χ4n) is 5.57. The van der Waals surface area contributed by atoms with E-state index in [4.69, 9.17) is 19.9 Å². The van der Waals surface area contributed by atoms with Crippen LogP contribution in [-0.4, -0.2) is 47.4 Å². The normalized spacial score (nSPS) is 12.6. The van der Waals surface area contributed by atoms with E-state index < -0.39 is 41.4 Å². The number of methoxy groups -OCH3 is 2. The van der Waals surface area contributed by atoms with Crippen LogP contribution in [0.2, 0.25) is 0 Å². The molecule has 0 bridgehead atoms. The van der Waals surface area contributed by atoms with E-state index in [0.29, 0.717) is 22.7 Å². The monoisotopic (exact) mass is 650 g/mol. The molecule has 0 saturated heterocycles. The highest BCUT2D eigenvalue weighted by Crippen LogP contribution is 2.42. The molecule has 248 valence electrons. The molecule has 11 heteroatoms. The van der Waals surface area contributed by atoms with Crippen LogP contribution in [0.5, 0.6) is 11.5 Å². The van der Waals surface area contributed by atoms with Gasteiger partial charge in [-0.1, -0.05) is 66.7 Å². The smallest absolute Gasteiger partial charge is 0.328 e. The topological polar surface area (TPSA) is 158 Å². The molecule has 1 aromatic heterocycles. The molecule has 4 aromatic carbocycles. The van der Waals surface area contributed by atoms with Crippen molar-refractivity contribution in [2.24, 2.45) is 0 Å². The highest BCUT2D eigenvalue weighted by atomic mass is 16.5. The van der Waals surface area contributed by atoms with Gasteiger partial charge in [-0.05, 0) is 65.6 Å². The summed E-state index contributed by atoms with van der Waals surface area (Å²) in [5.41, 5.74) is 7.03. The second-order valence-corrected chi connectivity index (χ2v) is 11.3. The number of amides is 1. The van der Waals surface area contributed by atoms with Crippen molar-refractivity contribution in [3.63, 3.8) is 0 Å². The standard InChI is InChI=1S/C37H38N4O7/c1-24-21-41(36(45)40-35(24)44)22-33(42)39-32(34(43)25-9-15-29(38)16-10-25)23-48-37(26-7-5-4-6-8-26,27-11-17-30(46-2)18-12-27)28-13-19-31(47-3)20-14-28/h4-21,32,34,43H,22-23,38H2,1-3H3,(H,39,42)(H,40,44,45)/t32-,34-/m1/s1. The lowest BCUT2D eigenvalue weighted by molar-refractivity contribution is -0.124. The molecular weight excluding hydrogens is 612 g/mol. The predicted molar refractivity (Wildman–Crippen MR) is 182 cm³/mol. The molecule has 0 saturated carbocycles. The molecule has 5 rings (SSSR count). The van der Waals surface area contributed by atoms with Gasteiger partial charge in [-0.2, -0.15) is 0 Å². The largest absolute Gasteiger partial charge is 0.497 e. The van der Waals surface area contributed by atoms with Crippen molar-refractivity contribution < 1.29 is 24.1 Å². The number of aromatic nitrogens is 2. The van der Waals surface area contributed by atoms with Gasteiger partial charge in [0.05, 0.1) is 26.9 Å². The van der Waals surface area contributed by atoms with Crippen molar-refractivity contribution in [3.05, 3.63) is 158 Å². The number of benzene rings is 4. The number of rotatable bonds is 13. The van der Waals surface area contributed by atoms with E-state index in [1.54, 1.807) is 38.5 Å². The van der Waals surface area contributed by atoms with E-state index in [9.17, 15) is 19.5 Å². The van der Waals surface area contributed by atoms with Crippen LogP contribution < -0.4 is 31.8 Å². The lowest BCUT2D eigenvalue weighted by Gasteiger charge is -2.38. The third kappa shape index (κ3) is 7.33. The highest BCUT2D eigenvalue weighted by Gasteiger charge is 2.39. The van der Waals surface area contributed by atoms with Crippen LogP contribution in [0.4, 0.5) is 5.69 Å². The minimum atomic E-state index is -1.23. The molecule has 5 N–H and O–H groups in total.